The van der Waals surface area contributed by atoms with E-state index in [1.165, 1.54) is 0 Å². The van der Waals surface area contributed by atoms with Crippen LogP contribution in [0.3, 0.4) is 0 Å². The minimum Gasteiger partial charge on any atom is -0.486 e. The van der Waals surface area contributed by atoms with Gasteiger partial charge in [0.2, 0.25) is 0 Å². The van der Waals surface area contributed by atoms with Gasteiger partial charge in [0.05, 0.1) is 6.42 Å². The molecule has 2 aromatic rings. The Morgan fingerprint density at radius 3 is 2.37 bits per heavy atom. The normalized spacial score (nSPS) is 12.4. The minimum atomic E-state index is -0.592. The number of anilines is 1. The van der Waals surface area contributed by atoms with Gasteiger partial charge in [0.25, 0.3) is 5.91 Å². The summed E-state index contributed by atoms with van der Waals surface area (Å²) in [6.07, 6.45) is -0.118. The van der Waals surface area contributed by atoms with E-state index >= 15 is 0 Å². The van der Waals surface area contributed by atoms with Gasteiger partial charge in [-0.2, -0.15) is 0 Å². The Morgan fingerprint density at radius 2 is 1.67 bits per heavy atom. The van der Waals surface area contributed by atoms with Crippen LogP contribution in [-0.4, -0.2) is 43.5 Å². The van der Waals surface area contributed by atoms with Crippen LogP contribution >= 0.6 is 0 Å². The molecule has 0 fully saturated rings. The molecule has 7 heteroatoms. The van der Waals surface area contributed by atoms with Crippen LogP contribution in [0.5, 0.6) is 11.5 Å². The first-order valence-electron chi connectivity index (χ1n) is 9.91. The summed E-state index contributed by atoms with van der Waals surface area (Å²) in [5, 5.41) is 0. The lowest BCUT2D eigenvalue weighted by Crippen LogP contribution is -2.39. The molecule has 0 spiro atoms. The van der Waals surface area contributed by atoms with Gasteiger partial charge in [0.15, 0.2) is 23.9 Å². The predicted molar refractivity (Wildman–Crippen MR) is 111 cm³/mol. The minimum absolute atomic E-state index is 0.0146. The maximum absolute atomic E-state index is 12.5. The number of carbonyl (C=O) groups excluding carboxylic acids is 3. The van der Waals surface area contributed by atoms with Gasteiger partial charge in [-0.05, 0) is 44.2 Å². The molecule has 7 nitrogen and oxygen atoms in total. The first kappa shape index (κ1) is 21.4. The molecule has 0 saturated heterocycles. The Morgan fingerprint density at radius 1 is 0.967 bits per heavy atom. The maximum Gasteiger partial charge on any atom is 0.306 e. The van der Waals surface area contributed by atoms with Crippen LogP contribution in [0.1, 0.15) is 37.0 Å². The number of nitrogens with zero attached hydrogens (tertiary/aromatic N) is 1. The smallest absolute Gasteiger partial charge is 0.306 e. The standard InChI is InChI=1S/C23H25NO6/c1-16(2)24(18-6-4-3-5-7-18)22(26)15-30-23(27)11-9-19(25)17-8-10-20-21(14-17)29-13-12-28-20/h3-8,10,14,16H,9,11-13,15H2,1-2H3. The van der Waals surface area contributed by atoms with E-state index in [1.807, 2.05) is 44.2 Å². The molecule has 0 atom stereocenters. The highest BCUT2D eigenvalue weighted by molar-refractivity contribution is 5.99. The molecule has 0 bridgehead atoms. The lowest BCUT2D eigenvalue weighted by molar-refractivity contribution is -0.147. The van der Waals surface area contributed by atoms with E-state index < -0.39 is 5.97 Å². The summed E-state index contributed by atoms with van der Waals surface area (Å²) in [5.74, 6) is 0.0101. The number of ether oxygens (including phenoxy) is 3. The Hall–Kier alpha value is -3.35. The number of carbonyl (C=O) groups is 3. The third kappa shape index (κ3) is 5.37. The van der Waals surface area contributed by atoms with Gasteiger partial charge in [0, 0.05) is 23.7 Å². The van der Waals surface area contributed by atoms with Crippen molar-refractivity contribution in [1.29, 1.82) is 0 Å². The molecule has 1 amide bonds. The molecule has 0 radical (unpaired) electrons. The predicted octanol–water partition coefficient (Wildman–Crippen LogP) is 3.41. The molecule has 0 N–H and O–H groups in total. The van der Waals surface area contributed by atoms with Crippen molar-refractivity contribution in [1.82, 2.24) is 0 Å². The Kier molecular flexibility index (Phi) is 7.06. The molecule has 1 aliphatic rings. The summed E-state index contributed by atoms with van der Waals surface area (Å²) in [7, 11) is 0. The van der Waals surface area contributed by atoms with E-state index in [4.69, 9.17) is 14.2 Å². The summed E-state index contributed by atoms with van der Waals surface area (Å²) in [6, 6.07) is 14.1. The van der Waals surface area contributed by atoms with Gasteiger partial charge < -0.3 is 19.1 Å². The summed E-state index contributed by atoms with van der Waals surface area (Å²) < 4.78 is 16.0. The number of amides is 1. The summed E-state index contributed by atoms with van der Waals surface area (Å²) in [5.41, 5.74) is 1.18. The van der Waals surface area contributed by atoms with E-state index in [9.17, 15) is 14.4 Å². The summed E-state index contributed by atoms with van der Waals surface area (Å²) >= 11 is 0. The number of ketones is 1. The van der Waals surface area contributed by atoms with Crippen LogP contribution in [0, 0.1) is 0 Å². The van der Waals surface area contributed by atoms with Crippen LogP contribution in [0.25, 0.3) is 0 Å². The second kappa shape index (κ2) is 9.91. The topological polar surface area (TPSA) is 82.1 Å². The molecule has 3 rings (SSSR count). The van der Waals surface area contributed by atoms with Gasteiger partial charge in [-0.25, -0.2) is 0 Å². The van der Waals surface area contributed by atoms with E-state index in [1.54, 1.807) is 23.1 Å². The molecule has 30 heavy (non-hydrogen) atoms. The van der Waals surface area contributed by atoms with Crippen molar-refractivity contribution in [2.24, 2.45) is 0 Å². The third-order valence-electron chi connectivity index (χ3n) is 4.60. The number of benzene rings is 2. The Balaban J connectivity index is 1.49. The van der Waals surface area contributed by atoms with Gasteiger partial charge >= 0.3 is 5.97 Å². The fraction of sp³-hybridized carbons (Fsp3) is 0.348. The highest BCUT2D eigenvalue weighted by atomic mass is 16.6. The van der Waals surface area contributed by atoms with Crippen molar-refractivity contribution in [2.45, 2.75) is 32.7 Å². The lowest BCUT2D eigenvalue weighted by Gasteiger charge is -2.26. The third-order valence-corrected chi connectivity index (χ3v) is 4.60. The highest BCUT2D eigenvalue weighted by Crippen LogP contribution is 2.31. The van der Waals surface area contributed by atoms with E-state index in [0.717, 1.165) is 5.69 Å². The number of Topliss-reactive ketones (excluding diaryl/α,β-unsaturated/α-hetero) is 1. The van der Waals surface area contributed by atoms with Gasteiger partial charge in [-0.15, -0.1) is 0 Å². The quantitative estimate of drug-likeness (QED) is 0.489. The van der Waals surface area contributed by atoms with Crippen molar-refractivity contribution >= 4 is 23.3 Å². The van der Waals surface area contributed by atoms with Crippen LogP contribution in [-0.2, 0) is 14.3 Å². The Bertz CT molecular complexity index is 909. The van der Waals surface area contributed by atoms with Gasteiger partial charge in [0.1, 0.15) is 13.2 Å². The number of hydrogen-bond donors (Lipinski definition) is 0. The van der Waals surface area contributed by atoms with Crippen molar-refractivity contribution in [3.8, 4) is 11.5 Å². The number of esters is 1. The number of fused-ring (bicyclic) bond motifs is 1. The fourth-order valence-corrected chi connectivity index (χ4v) is 3.18. The van der Waals surface area contributed by atoms with E-state index in [0.29, 0.717) is 30.3 Å². The number of hydrogen-bond acceptors (Lipinski definition) is 6. The molecule has 158 valence electrons. The maximum atomic E-state index is 12.5. The van der Waals surface area contributed by atoms with Gasteiger partial charge in [-0.3, -0.25) is 14.4 Å². The first-order chi connectivity index (χ1) is 14.5. The average molecular weight is 411 g/mol. The van der Waals surface area contributed by atoms with Crippen molar-refractivity contribution < 1.29 is 28.6 Å². The molecule has 0 aromatic heterocycles. The van der Waals surface area contributed by atoms with Crippen LogP contribution in [0.4, 0.5) is 5.69 Å². The summed E-state index contributed by atoms with van der Waals surface area (Å²) in [4.78, 5) is 38.5. The van der Waals surface area contributed by atoms with Crippen LogP contribution in [0.2, 0.25) is 0 Å². The molecule has 0 unspecified atom stereocenters. The fourth-order valence-electron chi connectivity index (χ4n) is 3.18. The highest BCUT2D eigenvalue weighted by Gasteiger charge is 2.21. The van der Waals surface area contributed by atoms with E-state index in [-0.39, 0.29) is 37.2 Å². The molecule has 0 aliphatic carbocycles. The molecule has 1 heterocycles. The molecule has 0 saturated carbocycles. The zero-order chi connectivity index (χ0) is 21.5. The molecular formula is C23H25NO6. The average Bonchev–Trinajstić information content (AvgIpc) is 2.76. The monoisotopic (exact) mass is 411 g/mol. The lowest BCUT2D eigenvalue weighted by atomic mass is 10.1. The second-order valence-electron chi connectivity index (χ2n) is 7.14. The van der Waals surface area contributed by atoms with Gasteiger partial charge in [-0.1, -0.05) is 18.2 Å². The number of rotatable bonds is 8. The molecule has 2 aromatic carbocycles. The summed E-state index contributed by atoms with van der Waals surface area (Å²) in [6.45, 7) is 4.31. The first-order valence-corrected chi connectivity index (χ1v) is 9.91. The zero-order valence-electron chi connectivity index (χ0n) is 17.1. The zero-order valence-corrected chi connectivity index (χ0v) is 17.1. The van der Waals surface area contributed by atoms with Crippen molar-refractivity contribution in [3.05, 3.63) is 54.1 Å². The van der Waals surface area contributed by atoms with Crippen LogP contribution in [0.15, 0.2) is 48.5 Å². The van der Waals surface area contributed by atoms with Crippen molar-refractivity contribution in [2.75, 3.05) is 24.7 Å². The van der Waals surface area contributed by atoms with Crippen LogP contribution < -0.4 is 14.4 Å². The second-order valence-corrected chi connectivity index (χ2v) is 7.14. The molecule has 1 aliphatic heterocycles. The number of para-hydroxylation sites is 1. The largest absolute Gasteiger partial charge is 0.486 e. The Labute approximate surface area is 175 Å². The van der Waals surface area contributed by atoms with Crippen molar-refractivity contribution in [3.63, 3.8) is 0 Å². The van der Waals surface area contributed by atoms with E-state index in [2.05, 4.69) is 0 Å². The SMILES string of the molecule is CC(C)N(C(=O)COC(=O)CCC(=O)c1ccc2c(c1)OCCO2)c1ccccc1. The molecular weight excluding hydrogens is 386 g/mol.